The first-order valence-corrected chi connectivity index (χ1v) is 8.44. The molecule has 2 heteroatoms. The standard InChI is InChI=1S/C18H25NS/c1-3-10-19-14-17(13-18-5-4-11-20-18)12-16-8-6-15(2)7-9-16/h4-9,11,17,19H,3,10,12-14H2,1-2H3. The summed E-state index contributed by atoms with van der Waals surface area (Å²) >= 11 is 1.88. The lowest BCUT2D eigenvalue weighted by Crippen LogP contribution is -2.26. The third kappa shape index (κ3) is 5.10. The molecule has 1 atom stereocenters. The highest BCUT2D eigenvalue weighted by atomic mass is 32.1. The fourth-order valence-electron chi connectivity index (χ4n) is 2.47. The van der Waals surface area contributed by atoms with Gasteiger partial charge < -0.3 is 5.32 Å². The molecule has 0 aliphatic heterocycles. The Morgan fingerprint density at radius 3 is 2.55 bits per heavy atom. The van der Waals surface area contributed by atoms with Crippen LogP contribution in [0.3, 0.4) is 0 Å². The average Bonchev–Trinajstić information content (AvgIpc) is 2.94. The lowest BCUT2D eigenvalue weighted by atomic mass is 9.95. The zero-order valence-corrected chi connectivity index (χ0v) is 13.4. The highest BCUT2D eigenvalue weighted by Gasteiger charge is 2.11. The Morgan fingerprint density at radius 1 is 1.10 bits per heavy atom. The summed E-state index contributed by atoms with van der Waals surface area (Å²) in [5, 5.41) is 5.76. The van der Waals surface area contributed by atoms with Crippen molar-refractivity contribution in [2.45, 2.75) is 33.1 Å². The molecule has 1 aromatic heterocycles. The first-order chi connectivity index (χ1) is 9.78. The maximum absolute atomic E-state index is 3.58. The van der Waals surface area contributed by atoms with Crippen LogP contribution >= 0.6 is 11.3 Å². The molecule has 0 aliphatic carbocycles. The van der Waals surface area contributed by atoms with Crippen molar-refractivity contribution in [2.24, 2.45) is 5.92 Å². The second-order valence-corrected chi connectivity index (χ2v) is 6.58. The molecular weight excluding hydrogens is 262 g/mol. The molecule has 0 aliphatic rings. The smallest absolute Gasteiger partial charge is 0.00485 e. The number of hydrogen-bond donors (Lipinski definition) is 1. The minimum absolute atomic E-state index is 0.683. The molecule has 108 valence electrons. The van der Waals surface area contributed by atoms with Crippen molar-refractivity contribution in [1.29, 1.82) is 0 Å². The Kier molecular flexibility index (Phi) is 6.28. The van der Waals surface area contributed by atoms with Crippen molar-refractivity contribution in [3.8, 4) is 0 Å². The zero-order chi connectivity index (χ0) is 14.2. The monoisotopic (exact) mass is 287 g/mol. The highest BCUT2D eigenvalue weighted by molar-refractivity contribution is 7.09. The van der Waals surface area contributed by atoms with Crippen LogP contribution in [0, 0.1) is 12.8 Å². The van der Waals surface area contributed by atoms with Crippen LogP contribution in [0.2, 0.25) is 0 Å². The average molecular weight is 287 g/mol. The predicted molar refractivity (Wildman–Crippen MR) is 89.6 cm³/mol. The first-order valence-electron chi connectivity index (χ1n) is 7.56. The van der Waals surface area contributed by atoms with Crippen molar-refractivity contribution in [2.75, 3.05) is 13.1 Å². The van der Waals surface area contributed by atoms with E-state index in [4.69, 9.17) is 0 Å². The van der Waals surface area contributed by atoms with Gasteiger partial charge in [0.05, 0.1) is 0 Å². The van der Waals surface area contributed by atoms with Gasteiger partial charge in [-0.3, -0.25) is 0 Å². The van der Waals surface area contributed by atoms with Crippen molar-refractivity contribution in [3.05, 3.63) is 57.8 Å². The van der Waals surface area contributed by atoms with Crippen molar-refractivity contribution in [3.63, 3.8) is 0 Å². The molecule has 1 aromatic carbocycles. The van der Waals surface area contributed by atoms with E-state index in [-0.39, 0.29) is 0 Å². The van der Waals surface area contributed by atoms with Crippen molar-refractivity contribution < 1.29 is 0 Å². The van der Waals surface area contributed by atoms with Crippen molar-refractivity contribution in [1.82, 2.24) is 5.32 Å². The summed E-state index contributed by atoms with van der Waals surface area (Å²) in [6.45, 7) is 6.60. The molecule has 1 unspecified atom stereocenters. The number of hydrogen-bond acceptors (Lipinski definition) is 2. The van der Waals surface area contributed by atoms with Gasteiger partial charge in [0.1, 0.15) is 0 Å². The summed E-state index contributed by atoms with van der Waals surface area (Å²) < 4.78 is 0. The Hall–Kier alpha value is -1.12. The molecule has 0 fully saturated rings. The van der Waals surface area contributed by atoms with E-state index < -0.39 is 0 Å². The van der Waals surface area contributed by atoms with Gasteiger partial charge in [-0.25, -0.2) is 0 Å². The van der Waals surface area contributed by atoms with Crippen LogP contribution in [-0.2, 0) is 12.8 Å². The quantitative estimate of drug-likeness (QED) is 0.707. The maximum Gasteiger partial charge on any atom is 0.00485 e. The lowest BCUT2D eigenvalue weighted by Gasteiger charge is -2.17. The van der Waals surface area contributed by atoms with E-state index in [0.717, 1.165) is 19.5 Å². The summed E-state index contributed by atoms with van der Waals surface area (Å²) in [5.41, 5.74) is 2.79. The van der Waals surface area contributed by atoms with E-state index in [1.807, 2.05) is 11.3 Å². The van der Waals surface area contributed by atoms with Crippen LogP contribution < -0.4 is 5.32 Å². The third-order valence-corrected chi connectivity index (χ3v) is 4.47. The van der Waals surface area contributed by atoms with Gasteiger partial charge in [0.15, 0.2) is 0 Å². The van der Waals surface area contributed by atoms with Gasteiger partial charge in [0.2, 0.25) is 0 Å². The predicted octanol–water partition coefficient (Wildman–Crippen LogP) is 4.46. The summed E-state index contributed by atoms with van der Waals surface area (Å²) in [6.07, 6.45) is 3.55. The summed E-state index contributed by atoms with van der Waals surface area (Å²) in [5.74, 6) is 0.683. The van der Waals surface area contributed by atoms with Crippen LogP contribution in [0.15, 0.2) is 41.8 Å². The number of nitrogens with one attached hydrogen (secondary N) is 1. The fourth-order valence-corrected chi connectivity index (χ4v) is 3.29. The van der Waals surface area contributed by atoms with E-state index in [1.165, 1.54) is 28.8 Å². The van der Waals surface area contributed by atoms with Gasteiger partial charge in [-0.05, 0) is 62.2 Å². The molecule has 0 saturated carbocycles. The second-order valence-electron chi connectivity index (χ2n) is 5.54. The Labute approximate surface area is 127 Å². The van der Waals surface area contributed by atoms with Gasteiger partial charge in [-0.15, -0.1) is 11.3 Å². The summed E-state index contributed by atoms with van der Waals surface area (Å²) in [4.78, 5) is 1.50. The molecule has 1 N–H and O–H groups in total. The maximum atomic E-state index is 3.58. The molecule has 0 spiro atoms. The zero-order valence-electron chi connectivity index (χ0n) is 12.6. The number of rotatable bonds is 8. The topological polar surface area (TPSA) is 12.0 Å². The van der Waals surface area contributed by atoms with Gasteiger partial charge in [0, 0.05) is 4.88 Å². The largest absolute Gasteiger partial charge is 0.316 e. The van der Waals surface area contributed by atoms with E-state index in [2.05, 4.69) is 60.9 Å². The van der Waals surface area contributed by atoms with E-state index in [1.54, 1.807) is 0 Å². The highest BCUT2D eigenvalue weighted by Crippen LogP contribution is 2.18. The number of benzene rings is 1. The van der Waals surface area contributed by atoms with Gasteiger partial charge >= 0.3 is 0 Å². The van der Waals surface area contributed by atoms with Gasteiger partial charge in [0.25, 0.3) is 0 Å². The molecule has 1 nitrogen and oxygen atoms in total. The van der Waals surface area contributed by atoms with Crippen LogP contribution in [-0.4, -0.2) is 13.1 Å². The minimum atomic E-state index is 0.683. The number of thiophene rings is 1. The van der Waals surface area contributed by atoms with Crippen LogP contribution in [0.5, 0.6) is 0 Å². The summed E-state index contributed by atoms with van der Waals surface area (Å²) in [6, 6.07) is 13.4. The molecule has 2 rings (SSSR count). The molecule has 0 bridgehead atoms. The van der Waals surface area contributed by atoms with Gasteiger partial charge in [-0.1, -0.05) is 42.8 Å². The lowest BCUT2D eigenvalue weighted by molar-refractivity contribution is 0.473. The third-order valence-electron chi connectivity index (χ3n) is 3.57. The summed E-state index contributed by atoms with van der Waals surface area (Å²) in [7, 11) is 0. The van der Waals surface area contributed by atoms with E-state index >= 15 is 0 Å². The fraction of sp³-hybridized carbons (Fsp3) is 0.444. The molecule has 2 aromatic rings. The Balaban J connectivity index is 1.95. The SMILES string of the molecule is CCCNCC(Cc1ccc(C)cc1)Cc1cccs1. The van der Waals surface area contributed by atoms with Crippen LogP contribution in [0.1, 0.15) is 29.3 Å². The Bertz CT molecular complexity index is 473. The minimum Gasteiger partial charge on any atom is -0.316 e. The number of aryl methyl sites for hydroxylation is 1. The normalized spacial score (nSPS) is 12.5. The van der Waals surface area contributed by atoms with Crippen LogP contribution in [0.4, 0.5) is 0 Å². The van der Waals surface area contributed by atoms with Crippen molar-refractivity contribution >= 4 is 11.3 Å². The van der Waals surface area contributed by atoms with Crippen LogP contribution in [0.25, 0.3) is 0 Å². The molecule has 0 saturated heterocycles. The van der Waals surface area contributed by atoms with E-state index in [0.29, 0.717) is 5.92 Å². The molecule has 0 amide bonds. The molecule has 1 heterocycles. The van der Waals surface area contributed by atoms with Gasteiger partial charge in [-0.2, -0.15) is 0 Å². The molecule has 20 heavy (non-hydrogen) atoms. The molecular formula is C18H25NS. The first kappa shape index (κ1) is 15.3. The second kappa shape index (κ2) is 8.23. The molecule has 0 radical (unpaired) electrons. The Morgan fingerprint density at radius 2 is 1.90 bits per heavy atom. The van der Waals surface area contributed by atoms with E-state index in [9.17, 15) is 0 Å².